The summed E-state index contributed by atoms with van der Waals surface area (Å²) in [7, 11) is 0. The van der Waals surface area contributed by atoms with Crippen molar-refractivity contribution in [1.29, 1.82) is 0 Å². The highest BCUT2D eigenvalue weighted by Crippen LogP contribution is 2.37. The average molecular weight is 367 g/mol. The highest BCUT2D eigenvalue weighted by atomic mass is 35.5. The minimum Gasteiger partial charge on any atom is -0.268 e. The third-order valence-corrected chi connectivity index (χ3v) is 5.00. The molecule has 110 valence electrons. The number of hydrogen-bond acceptors (Lipinski definition) is 4. The molecule has 0 unspecified atom stereocenters. The van der Waals surface area contributed by atoms with Crippen molar-refractivity contribution in [3.8, 4) is 0 Å². The van der Waals surface area contributed by atoms with Gasteiger partial charge in [-0.15, -0.1) is 0 Å². The number of hydrogen-bond donors (Lipinski definition) is 0. The van der Waals surface area contributed by atoms with Gasteiger partial charge in [0.25, 0.3) is 5.91 Å². The zero-order valence-corrected chi connectivity index (χ0v) is 14.1. The Morgan fingerprint density at radius 2 is 1.86 bits per heavy atom. The molecule has 0 N–H and O–H groups in total. The van der Waals surface area contributed by atoms with Gasteiger partial charge in [-0.25, -0.2) is 0 Å². The predicted molar refractivity (Wildman–Crippen MR) is 96.4 cm³/mol. The number of thioether (sulfide) groups is 1. The fraction of sp³-hybridized carbons (Fsp3) is 0. The van der Waals surface area contributed by atoms with Crippen LogP contribution in [0.25, 0.3) is 6.08 Å². The van der Waals surface area contributed by atoms with Gasteiger partial charge in [0.05, 0.1) is 20.6 Å². The van der Waals surface area contributed by atoms with Gasteiger partial charge in [0, 0.05) is 12.4 Å². The number of carbonyl (C=O) groups is 1. The third-order valence-electron chi connectivity index (χ3n) is 2.96. The Bertz CT molecular complexity index is 793. The summed E-state index contributed by atoms with van der Waals surface area (Å²) in [6.07, 6.45) is 5.13. The Balaban J connectivity index is 1.95. The van der Waals surface area contributed by atoms with Crippen molar-refractivity contribution in [2.45, 2.75) is 0 Å². The van der Waals surface area contributed by atoms with E-state index in [2.05, 4.69) is 4.98 Å². The number of nitrogens with zero attached hydrogens (tertiary/aromatic N) is 2. The van der Waals surface area contributed by atoms with E-state index in [-0.39, 0.29) is 5.91 Å². The van der Waals surface area contributed by atoms with E-state index in [0.717, 1.165) is 5.56 Å². The molecule has 3 nitrogen and oxygen atoms in total. The van der Waals surface area contributed by atoms with Gasteiger partial charge in [0.2, 0.25) is 0 Å². The van der Waals surface area contributed by atoms with Crippen LogP contribution in [0.15, 0.2) is 47.6 Å². The van der Waals surface area contributed by atoms with Gasteiger partial charge in [-0.2, -0.15) is 0 Å². The van der Waals surface area contributed by atoms with E-state index in [4.69, 9.17) is 35.4 Å². The summed E-state index contributed by atoms with van der Waals surface area (Å²) in [6.45, 7) is 0. The van der Waals surface area contributed by atoms with Crippen molar-refractivity contribution in [3.05, 3.63) is 63.2 Å². The molecule has 1 fully saturated rings. The van der Waals surface area contributed by atoms with Gasteiger partial charge >= 0.3 is 0 Å². The lowest BCUT2D eigenvalue weighted by molar-refractivity contribution is -0.113. The van der Waals surface area contributed by atoms with E-state index in [0.29, 0.717) is 25.0 Å². The topological polar surface area (TPSA) is 33.2 Å². The smallest absolute Gasteiger partial charge is 0.268 e. The van der Waals surface area contributed by atoms with Crippen LogP contribution in [-0.2, 0) is 4.79 Å². The van der Waals surface area contributed by atoms with Crippen molar-refractivity contribution in [2.24, 2.45) is 0 Å². The van der Waals surface area contributed by atoms with Crippen LogP contribution in [0.3, 0.4) is 0 Å². The van der Waals surface area contributed by atoms with Crippen molar-refractivity contribution in [2.75, 3.05) is 4.90 Å². The number of aromatic nitrogens is 1. The molecule has 1 amide bonds. The van der Waals surface area contributed by atoms with E-state index >= 15 is 0 Å². The van der Waals surface area contributed by atoms with Crippen LogP contribution in [0.5, 0.6) is 0 Å². The zero-order valence-electron chi connectivity index (χ0n) is 11.0. The van der Waals surface area contributed by atoms with E-state index < -0.39 is 0 Å². The molecule has 1 saturated heterocycles. The van der Waals surface area contributed by atoms with E-state index in [1.807, 2.05) is 12.1 Å². The van der Waals surface area contributed by atoms with E-state index in [1.165, 1.54) is 16.7 Å². The molecule has 2 aromatic rings. The molecule has 3 rings (SSSR count). The van der Waals surface area contributed by atoms with Crippen molar-refractivity contribution >= 4 is 69.2 Å². The standard InChI is InChI=1S/C15H8Cl2N2OS2/c16-11-2-1-10(8-12(11)17)19-14(20)13(22-15(19)21)7-9-3-5-18-6-4-9/h1-8H/b13-7+. The number of pyridine rings is 1. The van der Waals surface area contributed by atoms with Crippen LogP contribution in [0.1, 0.15) is 5.56 Å². The lowest BCUT2D eigenvalue weighted by Gasteiger charge is -2.15. The minimum atomic E-state index is -0.176. The van der Waals surface area contributed by atoms with Crippen molar-refractivity contribution in [3.63, 3.8) is 0 Å². The molecule has 0 radical (unpaired) electrons. The summed E-state index contributed by atoms with van der Waals surface area (Å²) in [6, 6.07) is 8.64. The predicted octanol–water partition coefficient (Wildman–Crippen LogP) is 4.79. The Kier molecular flexibility index (Phi) is 4.49. The second-order valence-corrected chi connectivity index (χ2v) is 6.89. The maximum Gasteiger partial charge on any atom is 0.270 e. The van der Waals surface area contributed by atoms with Gasteiger partial charge in [-0.05, 0) is 42.0 Å². The second kappa shape index (κ2) is 6.38. The van der Waals surface area contributed by atoms with Gasteiger partial charge in [0.15, 0.2) is 4.32 Å². The van der Waals surface area contributed by atoms with Gasteiger partial charge in [-0.1, -0.05) is 47.2 Å². The zero-order chi connectivity index (χ0) is 15.7. The molecule has 22 heavy (non-hydrogen) atoms. The van der Waals surface area contributed by atoms with Crippen LogP contribution in [0, 0.1) is 0 Å². The van der Waals surface area contributed by atoms with E-state index in [9.17, 15) is 4.79 Å². The molecule has 1 aliphatic heterocycles. The number of thiocarbonyl (C=S) groups is 1. The molecular formula is C15H8Cl2N2OS2. The molecular weight excluding hydrogens is 359 g/mol. The minimum absolute atomic E-state index is 0.176. The largest absolute Gasteiger partial charge is 0.270 e. The second-order valence-electron chi connectivity index (χ2n) is 4.40. The number of carbonyl (C=O) groups excluding carboxylic acids is 1. The average Bonchev–Trinajstić information content (AvgIpc) is 2.78. The fourth-order valence-corrected chi connectivity index (χ4v) is 3.52. The summed E-state index contributed by atoms with van der Waals surface area (Å²) >= 11 is 18.5. The Morgan fingerprint density at radius 1 is 1.14 bits per heavy atom. The molecule has 1 aromatic carbocycles. The van der Waals surface area contributed by atoms with Crippen LogP contribution in [0.4, 0.5) is 5.69 Å². The lowest BCUT2D eigenvalue weighted by atomic mass is 10.2. The fourth-order valence-electron chi connectivity index (χ4n) is 1.93. The van der Waals surface area contributed by atoms with Gasteiger partial charge < -0.3 is 0 Å². The summed E-state index contributed by atoms with van der Waals surface area (Å²) < 4.78 is 0.462. The van der Waals surface area contributed by atoms with Crippen LogP contribution < -0.4 is 4.90 Å². The Morgan fingerprint density at radius 3 is 2.55 bits per heavy atom. The first-order valence-corrected chi connectivity index (χ1v) is 8.17. The van der Waals surface area contributed by atoms with Crippen LogP contribution in [0.2, 0.25) is 10.0 Å². The number of rotatable bonds is 2. The van der Waals surface area contributed by atoms with Crippen molar-refractivity contribution < 1.29 is 4.79 Å². The Labute approximate surface area is 146 Å². The summed E-state index contributed by atoms with van der Waals surface area (Å²) in [5.74, 6) is -0.176. The molecule has 1 aliphatic rings. The number of benzene rings is 1. The molecule has 0 saturated carbocycles. The van der Waals surface area contributed by atoms with Gasteiger partial charge in [0.1, 0.15) is 0 Å². The highest BCUT2D eigenvalue weighted by molar-refractivity contribution is 8.27. The monoisotopic (exact) mass is 366 g/mol. The Hall–Kier alpha value is -1.40. The van der Waals surface area contributed by atoms with Gasteiger partial charge in [-0.3, -0.25) is 14.7 Å². The molecule has 7 heteroatoms. The van der Waals surface area contributed by atoms with E-state index in [1.54, 1.807) is 36.7 Å². The quantitative estimate of drug-likeness (QED) is 0.564. The van der Waals surface area contributed by atoms with Crippen LogP contribution >= 0.6 is 47.2 Å². The molecule has 1 aromatic heterocycles. The third kappa shape index (κ3) is 3.03. The summed E-state index contributed by atoms with van der Waals surface area (Å²) in [5, 5.41) is 0.814. The summed E-state index contributed by atoms with van der Waals surface area (Å²) in [5.41, 5.74) is 1.50. The first-order valence-electron chi connectivity index (χ1n) is 6.19. The molecule has 0 atom stereocenters. The highest BCUT2D eigenvalue weighted by Gasteiger charge is 2.33. The van der Waals surface area contributed by atoms with Crippen LogP contribution in [-0.4, -0.2) is 15.2 Å². The molecule has 2 heterocycles. The molecule has 0 aliphatic carbocycles. The lowest BCUT2D eigenvalue weighted by Crippen LogP contribution is -2.27. The first kappa shape index (κ1) is 15.5. The summed E-state index contributed by atoms with van der Waals surface area (Å²) in [4.78, 5) is 18.5. The normalized spacial score (nSPS) is 16.6. The first-order chi connectivity index (χ1) is 10.6. The SMILES string of the molecule is O=C1/C(=C\c2ccncc2)SC(=S)N1c1ccc(Cl)c(Cl)c1. The molecule has 0 bridgehead atoms. The number of amides is 1. The van der Waals surface area contributed by atoms with Crippen molar-refractivity contribution in [1.82, 2.24) is 4.98 Å². The maximum atomic E-state index is 12.6. The molecule has 0 spiro atoms. The number of halogens is 2. The maximum absolute atomic E-state index is 12.6. The number of anilines is 1.